The quantitative estimate of drug-likeness (QED) is 0.834. The molecule has 2 aromatic heterocycles. The number of sulfonamides is 1. The van der Waals surface area contributed by atoms with Crippen LogP contribution < -0.4 is 10.5 Å². The monoisotopic (exact) mass is 273 g/mol. The van der Waals surface area contributed by atoms with Gasteiger partial charge >= 0.3 is 0 Å². The molecule has 0 unspecified atom stereocenters. The van der Waals surface area contributed by atoms with Crippen molar-refractivity contribution in [1.29, 1.82) is 0 Å². The maximum atomic E-state index is 11.9. The first-order valence-corrected chi connectivity index (χ1v) is 7.09. The number of nitrogens with zero attached hydrogens (tertiary/aromatic N) is 1. The molecular weight excluding hydrogens is 262 g/mol. The van der Waals surface area contributed by atoms with E-state index in [4.69, 9.17) is 5.73 Å². The molecule has 3 N–H and O–H groups in total. The zero-order valence-electron chi connectivity index (χ0n) is 8.79. The van der Waals surface area contributed by atoms with Crippen molar-refractivity contribution in [3.8, 4) is 0 Å². The fourth-order valence-electron chi connectivity index (χ4n) is 1.18. The van der Waals surface area contributed by atoms with Gasteiger partial charge in [-0.25, -0.2) is 13.1 Å². The molecule has 0 aliphatic rings. The van der Waals surface area contributed by atoms with Crippen LogP contribution in [0.25, 0.3) is 0 Å². The molecule has 0 bridgehead atoms. The summed E-state index contributed by atoms with van der Waals surface area (Å²) in [5.74, 6) is 0. The van der Waals surface area contributed by atoms with E-state index in [1.54, 1.807) is 12.1 Å². The first kappa shape index (κ1) is 12.2. The molecule has 0 radical (unpaired) electrons. The molecule has 0 aliphatic carbocycles. The SMILES string of the molecule is NCc1ccc(S(=O)(=O)NCc2ccon2)s1. The van der Waals surface area contributed by atoms with Crippen molar-refractivity contribution < 1.29 is 12.9 Å². The third-order valence-electron chi connectivity index (χ3n) is 2.04. The molecule has 92 valence electrons. The maximum Gasteiger partial charge on any atom is 0.250 e. The molecule has 0 amide bonds. The summed E-state index contributed by atoms with van der Waals surface area (Å²) in [6, 6.07) is 4.84. The Morgan fingerprint density at radius 1 is 1.41 bits per heavy atom. The Balaban J connectivity index is 2.08. The number of thiophene rings is 1. The topological polar surface area (TPSA) is 98.2 Å². The zero-order chi connectivity index (χ0) is 12.3. The van der Waals surface area contributed by atoms with Gasteiger partial charge in [-0.3, -0.25) is 0 Å². The van der Waals surface area contributed by atoms with Gasteiger partial charge in [0.1, 0.15) is 10.5 Å². The lowest BCUT2D eigenvalue weighted by Gasteiger charge is -2.01. The predicted octanol–water partition coefficient (Wildman–Crippen LogP) is 0.673. The third kappa shape index (κ3) is 2.91. The Hall–Kier alpha value is -1.22. The van der Waals surface area contributed by atoms with Crippen molar-refractivity contribution in [2.45, 2.75) is 17.3 Å². The third-order valence-corrected chi connectivity index (χ3v) is 5.04. The zero-order valence-corrected chi connectivity index (χ0v) is 10.4. The second-order valence-corrected chi connectivity index (χ2v) is 6.40. The standard InChI is InChI=1S/C9H11N3O3S2/c10-5-8-1-2-9(16-8)17(13,14)11-6-7-3-4-15-12-7/h1-4,11H,5-6,10H2. The molecule has 0 aromatic carbocycles. The molecule has 0 aliphatic heterocycles. The minimum atomic E-state index is -3.49. The van der Waals surface area contributed by atoms with E-state index >= 15 is 0 Å². The van der Waals surface area contributed by atoms with Crippen LogP contribution in [0.15, 0.2) is 33.2 Å². The van der Waals surface area contributed by atoms with E-state index in [2.05, 4.69) is 14.4 Å². The Morgan fingerprint density at radius 2 is 2.24 bits per heavy atom. The molecule has 2 rings (SSSR count). The van der Waals surface area contributed by atoms with Crippen LogP contribution in [0.5, 0.6) is 0 Å². The van der Waals surface area contributed by atoms with Crippen molar-refractivity contribution >= 4 is 21.4 Å². The van der Waals surface area contributed by atoms with Crippen molar-refractivity contribution in [3.05, 3.63) is 35.0 Å². The van der Waals surface area contributed by atoms with Gasteiger partial charge in [0.2, 0.25) is 10.0 Å². The van der Waals surface area contributed by atoms with E-state index < -0.39 is 10.0 Å². The van der Waals surface area contributed by atoms with Crippen molar-refractivity contribution in [2.24, 2.45) is 5.73 Å². The summed E-state index contributed by atoms with van der Waals surface area (Å²) in [6.45, 7) is 0.443. The highest BCUT2D eigenvalue weighted by atomic mass is 32.2. The van der Waals surface area contributed by atoms with Crippen LogP contribution in [0.2, 0.25) is 0 Å². The van der Waals surface area contributed by atoms with E-state index in [0.29, 0.717) is 12.2 Å². The number of nitrogens with two attached hydrogens (primary N) is 1. The van der Waals surface area contributed by atoms with Gasteiger partial charge in [0, 0.05) is 17.5 Å². The molecule has 0 atom stereocenters. The lowest BCUT2D eigenvalue weighted by atomic mass is 10.5. The smallest absolute Gasteiger partial charge is 0.250 e. The molecular formula is C9H11N3O3S2. The van der Waals surface area contributed by atoms with Crippen LogP contribution in [0.4, 0.5) is 0 Å². The van der Waals surface area contributed by atoms with Gasteiger partial charge in [-0.1, -0.05) is 5.16 Å². The second-order valence-electron chi connectivity index (χ2n) is 3.24. The number of nitrogens with one attached hydrogen (secondary N) is 1. The molecule has 2 aromatic rings. The van der Waals surface area contributed by atoms with Gasteiger partial charge < -0.3 is 10.3 Å². The van der Waals surface area contributed by atoms with E-state index in [1.165, 1.54) is 12.3 Å². The highest BCUT2D eigenvalue weighted by Gasteiger charge is 2.16. The second kappa shape index (κ2) is 4.96. The van der Waals surface area contributed by atoms with E-state index in [-0.39, 0.29) is 10.8 Å². The number of rotatable bonds is 5. The molecule has 0 saturated heterocycles. The summed E-state index contributed by atoms with van der Waals surface area (Å²) in [7, 11) is -3.49. The van der Waals surface area contributed by atoms with Gasteiger partial charge in [-0.15, -0.1) is 11.3 Å². The summed E-state index contributed by atoms with van der Waals surface area (Å²) < 4.78 is 31.0. The summed E-state index contributed by atoms with van der Waals surface area (Å²) in [4.78, 5) is 0.826. The van der Waals surface area contributed by atoms with Gasteiger partial charge in [-0.05, 0) is 12.1 Å². The Morgan fingerprint density at radius 3 is 2.82 bits per heavy atom. The summed E-state index contributed by atoms with van der Waals surface area (Å²) >= 11 is 1.16. The Kier molecular flexibility index (Phi) is 3.57. The molecule has 8 heteroatoms. The van der Waals surface area contributed by atoms with Crippen molar-refractivity contribution in [1.82, 2.24) is 9.88 Å². The molecule has 0 spiro atoms. The number of aromatic nitrogens is 1. The lowest BCUT2D eigenvalue weighted by Crippen LogP contribution is -2.22. The Labute approximate surface area is 102 Å². The van der Waals surface area contributed by atoms with Gasteiger partial charge in [0.25, 0.3) is 0 Å². The minimum absolute atomic E-state index is 0.106. The summed E-state index contributed by atoms with van der Waals surface area (Å²) in [5, 5.41) is 3.62. The van der Waals surface area contributed by atoms with Gasteiger partial charge in [0.05, 0.1) is 12.2 Å². The van der Waals surface area contributed by atoms with Crippen LogP contribution in [-0.2, 0) is 23.1 Å². The normalized spacial score (nSPS) is 11.8. The van der Waals surface area contributed by atoms with Crippen LogP contribution in [-0.4, -0.2) is 13.6 Å². The van der Waals surface area contributed by atoms with Crippen LogP contribution in [0.3, 0.4) is 0 Å². The first-order chi connectivity index (χ1) is 8.12. The Bertz CT molecular complexity index is 574. The molecule has 6 nitrogen and oxygen atoms in total. The fourth-order valence-corrected chi connectivity index (χ4v) is 3.46. The van der Waals surface area contributed by atoms with E-state index in [1.807, 2.05) is 0 Å². The van der Waals surface area contributed by atoms with Gasteiger partial charge in [-0.2, -0.15) is 0 Å². The average Bonchev–Trinajstić information content (AvgIpc) is 2.98. The maximum absolute atomic E-state index is 11.9. The number of hydrogen-bond donors (Lipinski definition) is 2. The molecule has 17 heavy (non-hydrogen) atoms. The minimum Gasteiger partial charge on any atom is -0.364 e. The van der Waals surface area contributed by atoms with Crippen molar-refractivity contribution in [2.75, 3.05) is 0 Å². The molecule has 2 heterocycles. The molecule has 0 fully saturated rings. The fraction of sp³-hybridized carbons (Fsp3) is 0.222. The summed E-state index contributed by atoms with van der Waals surface area (Å²) in [5.41, 5.74) is 5.96. The predicted molar refractivity (Wildman–Crippen MR) is 62.7 cm³/mol. The highest BCUT2D eigenvalue weighted by molar-refractivity contribution is 7.91. The van der Waals surface area contributed by atoms with Crippen LogP contribution >= 0.6 is 11.3 Å². The van der Waals surface area contributed by atoms with E-state index in [0.717, 1.165) is 16.2 Å². The lowest BCUT2D eigenvalue weighted by molar-refractivity contribution is 0.411. The van der Waals surface area contributed by atoms with E-state index in [9.17, 15) is 8.42 Å². The van der Waals surface area contributed by atoms with Crippen LogP contribution in [0.1, 0.15) is 10.6 Å². The first-order valence-electron chi connectivity index (χ1n) is 4.79. The van der Waals surface area contributed by atoms with Gasteiger partial charge in [0.15, 0.2) is 0 Å². The number of hydrogen-bond acceptors (Lipinski definition) is 6. The van der Waals surface area contributed by atoms with Crippen molar-refractivity contribution in [3.63, 3.8) is 0 Å². The largest absolute Gasteiger partial charge is 0.364 e. The molecule has 0 saturated carbocycles. The van der Waals surface area contributed by atoms with Crippen LogP contribution in [0, 0.1) is 0 Å². The average molecular weight is 273 g/mol. The highest BCUT2D eigenvalue weighted by Crippen LogP contribution is 2.20. The summed E-state index contributed by atoms with van der Waals surface area (Å²) in [6.07, 6.45) is 1.39.